The second kappa shape index (κ2) is 21.1. The lowest BCUT2D eigenvalue weighted by molar-refractivity contribution is -0.153. The number of aliphatic hydroxyl groups is 1. The van der Waals surface area contributed by atoms with Crippen LogP contribution < -0.4 is 11.5 Å². The summed E-state index contributed by atoms with van der Waals surface area (Å²) in [5.41, 5.74) is 11.1. The van der Waals surface area contributed by atoms with Gasteiger partial charge in [0.05, 0.1) is 0 Å². The third kappa shape index (κ3) is 18.8. The summed E-state index contributed by atoms with van der Waals surface area (Å²) >= 11 is 0. The Morgan fingerprint density at radius 3 is 1.90 bits per heavy atom. The number of rotatable bonds is 21. The predicted octanol–water partition coefficient (Wildman–Crippen LogP) is 3.59. The fourth-order valence-corrected chi connectivity index (χ4v) is 3.15. The molecule has 0 aromatic carbocycles. The molecule has 0 aliphatic carbocycles. The van der Waals surface area contributed by atoms with Crippen molar-refractivity contribution in [3.05, 3.63) is 0 Å². The fraction of sp³-hybridized carbons (Fsp3) is 0.913. The van der Waals surface area contributed by atoms with Crippen LogP contribution in [0.4, 0.5) is 0 Å². The van der Waals surface area contributed by atoms with Gasteiger partial charge in [0, 0.05) is 6.42 Å². The van der Waals surface area contributed by atoms with Gasteiger partial charge in [-0.3, -0.25) is 9.59 Å². The SMILES string of the molecule is CCCCCCCCCCCCCC(=O)OCC(O)COC(=O)[C@@H](N)CCCCN. The Morgan fingerprint density at radius 2 is 1.33 bits per heavy atom. The molecule has 0 aromatic heterocycles. The Hall–Kier alpha value is -1.18. The summed E-state index contributed by atoms with van der Waals surface area (Å²) in [5.74, 6) is -0.881. The highest BCUT2D eigenvalue weighted by atomic mass is 16.6. The number of aliphatic hydroxyl groups excluding tert-OH is 1. The van der Waals surface area contributed by atoms with E-state index < -0.39 is 18.1 Å². The van der Waals surface area contributed by atoms with Gasteiger partial charge in [-0.25, -0.2) is 0 Å². The maximum atomic E-state index is 11.7. The van der Waals surface area contributed by atoms with Crippen LogP contribution in [-0.2, 0) is 19.1 Å². The smallest absolute Gasteiger partial charge is 0.323 e. The standard InChI is InChI=1S/C23H46N2O5/c1-2-3-4-5-6-7-8-9-10-11-12-16-22(27)29-18-20(26)19-30-23(28)21(25)15-13-14-17-24/h20-21,26H,2-19,24-25H2,1H3/t20?,21-/m0/s1. The van der Waals surface area contributed by atoms with Crippen LogP contribution in [0.25, 0.3) is 0 Å². The summed E-state index contributed by atoms with van der Waals surface area (Å²) < 4.78 is 10.0. The van der Waals surface area contributed by atoms with Gasteiger partial charge in [-0.1, -0.05) is 77.6 Å². The number of hydrogen-bond acceptors (Lipinski definition) is 7. The Morgan fingerprint density at radius 1 is 0.800 bits per heavy atom. The zero-order chi connectivity index (χ0) is 22.5. The van der Waals surface area contributed by atoms with E-state index in [1.54, 1.807) is 0 Å². The molecule has 0 amide bonds. The van der Waals surface area contributed by atoms with Crippen molar-refractivity contribution < 1.29 is 24.2 Å². The lowest BCUT2D eigenvalue weighted by atomic mass is 10.1. The minimum atomic E-state index is -1.04. The summed E-state index contributed by atoms with van der Waals surface area (Å²) in [7, 11) is 0. The first-order valence-electron chi connectivity index (χ1n) is 12.0. The first kappa shape index (κ1) is 28.8. The lowest BCUT2D eigenvalue weighted by Crippen LogP contribution is -2.35. The maximum absolute atomic E-state index is 11.7. The third-order valence-electron chi connectivity index (χ3n) is 5.11. The molecule has 0 bridgehead atoms. The van der Waals surface area contributed by atoms with E-state index in [4.69, 9.17) is 20.9 Å². The Balaban J connectivity index is 3.53. The van der Waals surface area contributed by atoms with Crippen molar-refractivity contribution in [2.75, 3.05) is 19.8 Å². The molecule has 0 rings (SSSR count). The summed E-state index contributed by atoms with van der Waals surface area (Å²) in [6.45, 7) is 2.39. The average Bonchev–Trinajstić information content (AvgIpc) is 2.74. The normalized spacial score (nSPS) is 13.1. The van der Waals surface area contributed by atoms with Gasteiger partial charge in [-0.05, 0) is 25.8 Å². The van der Waals surface area contributed by atoms with Gasteiger partial charge in [-0.2, -0.15) is 0 Å². The quantitative estimate of drug-likeness (QED) is 0.188. The lowest BCUT2D eigenvalue weighted by Gasteiger charge is -2.14. The van der Waals surface area contributed by atoms with Gasteiger partial charge < -0.3 is 26.0 Å². The third-order valence-corrected chi connectivity index (χ3v) is 5.11. The van der Waals surface area contributed by atoms with E-state index in [1.165, 1.54) is 51.4 Å². The molecule has 7 heteroatoms. The van der Waals surface area contributed by atoms with E-state index in [2.05, 4.69) is 6.92 Å². The van der Waals surface area contributed by atoms with E-state index in [-0.39, 0.29) is 19.2 Å². The molecular weight excluding hydrogens is 384 g/mol. The molecule has 30 heavy (non-hydrogen) atoms. The van der Waals surface area contributed by atoms with Crippen LogP contribution in [-0.4, -0.2) is 48.9 Å². The van der Waals surface area contributed by atoms with Gasteiger partial charge in [0.15, 0.2) is 0 Å². The molecule has 0 heterocycles. The van der Waals surface area contributed by atoms with Gasteiger partial charge in [0.25, 0.3) is 0 Å². The van der Waals surface area contributed by atoms with Gasteiger partial charge in [0.2, 0.25) is 0 Å². The Kier molecular flexibility index (Phi) is 20.2. The summed E-state index contributed by atoms with van der Waals surface area (Å²) in [5, 5.41) is 9.79. The van der Waals surface area contributed by atoms with Crippen LogP contribution >= 0.6 is 0 Å². The van der Waals surface area contributed by atoms with E-state index in [0.717, 1.165) is 32.1 Å². The van der Waals surface area contributed by atoms with E-state index >= 15 is 0 Å². The van der Waals surface area contributed by atoms with Crippen molar-refractivity contribution in [1.29, 1.82) is 0 Å². The highest BCUT2D eigenvalue weighted by molar-refractivity contribution is 5.75. The maximum Gasteiger partial charge on any atom is 0.323 e. The number of carbonyl (C=O) groups is 2. The zero-order valence-electron chi connectivity index (χ0n) is 19.1. The average molecular weight is 431 g/mol. The molecule has 5 N–H and O–H groups in total. The molecule has 0 aliphatic heterocycles. The van der Waals surface area contributed by atoms with E-state index in [0.29, 0.717) is 19.4 Å². The van der Waals surface area contributed by atoms with Gasteiger partial charge >= 0.3 is 11.9 Å². The van der Waals surface area contributed by atoms with Crippen LogP contribution in [0.2, 0.25) is 0 Å². The predicted molar refractivity (Wildman–Crippen MR) is 120 cm³/mol. The summed E-state index contributed by atoms with van der Waals surface area (Å²) in [6.07, 6.45) is 14.9. The van der Waals surface area contributed by atoms with Crippen molar-refractivity contribution in [3.63, 3.8) is 0 Å². The molecule has 0 radical (unpaired) electrons. The van der Waals surface area contributed by atoms with Crippen molar-refractivity contribution in [1.82, 2.24) is 0 Å². The highest BCUT2D eigenvalue weighted by Gasteiger charge is 2.17. The van der Waals surface area contributed by atoms with Crippen molar-refractivity contribution in [2.24, 2.45) is 11.5 Å². The molecule has 2 atom stereocenters. The number of ether oxygens (including phenoxy) is 2. The topological polar surface area (TPSA) is 125 Å². The Labute approximate surface area is 183 Å². The Bertz CT molecular complexity index is 420. The first-order valence-corrected chi connectivity index (χ1v) is 12.0. The minimum Gasteiger partial charge on any atom is -0.463 e. The summed E-state index contributed by atoms with van der Waals surface area (Å²) in [4.78, 5) is 23.4. The van der Waals surface area contributed by atoms with Crippen LogP contribution in [0.5, 0.6) is 0 Å². The van der Waals surface area contributed by atoms with E-state index in [1.807, 2.05) is 0 Å². The molecule has 0 saturated carbocycles. The van der Waals surface area contributed by atoms with E-state index in [9.17, 15) is 14.7 Å². The monoisotopic (exact) mass is 430 g/mol. The van der Waals surface area contributed by atoms with Crippen molar-refractivity contribution in [3.8, 4) is 0 Å². The second-order valence-electron chi connectivity index (χ2n) is 8.14. The number of unbranched alkanes of at least 4 members (excludes halogenated alkanes) is 11. The van der Waals surface area contributed by atoms with Crippen molar-refractivity contribution >= 4 is 11.9 Å². The molecule has 7 nitrogen and oxygen atoms in total. The van der Waals surface area contributed by atoms with Crippen LogP contribution in [0.1, 0.15) is 103 Å². The molecule has 0 aliphatic rings. The number of esters is 2. The second-order valence-corrected chi connectivity index (χ2v) is 8.14. The van der Waals surface area contributed by atoms with Crippen LogP contribution in [0, 0.1) is 0 Å². The highest BCUT2D eigenvalue weighted by Crippen LogP contribution is 2.12. The molecule has 1 unspecified atom stereocenters. The molecule has 0 spiro atoms. The molecule has 0 aromatic rings. The molecule has 0 saturated heterocycles. The van der Waals surface area contributed by atoms with Gasteiger partial charge in [0.1, 0.15) is 25.4 Å². The zero-order valence-corrected chi connectivity index (χ0v) is 19.1. The summed E-state index contributed by atoms with van der Waals surface area (Å²) in [6, 6.07) is -0.715. The molecule has 0 fully saturated rings. The van der Waals surface area contributed by atoms with Crippen LogP contribution in [0.15, 0.2) is 0 Å². The van der Waals surface area contributed by atoms with Crippen molar-refractivity contribution in [2.45, 2.75) is 115 Å². The first-order chi connectivity index (χ1) is 14.5. The fourth-order valence-electron chi connectivity index (χ4n) is 3.15. The molecule has 178 valence electrons. The van der Waals surface area contributed by atoms with Crippen LogP contribution in [0.3, 0.4) is 0 Å². The number of hydrogen-bond donors (Lipinski definition) is 3. The largest absolute Gasteiger partial charge is 0.463 e. The molecular formula is C23H46N2O5. The minimum absolute atomic E-state index is 0.174. The number of carbonyl (C=O) groups excluding carboxylic acids is 2. The number of nitrogens with two attached hydrogens (primary N) is 2. The van der Waals surface area contributed by atoms with Gasteiger partial charge in [-0.15, -0.1) is 0 Å².